The van der Waals surface area contributed by atoms with Crippen molar-refractivity contribution in [3.05, 3.63) is 48.0 Å². The van der Waals surface area contributed by atoms with Gasteiger partial charge >= 0.3 is 0 Å². The molecule has 1 fully saturated rings. The predicted octanol–water partition coefficient (Wildman–Crippen LogP) is 2.06. The first-order valence-electron chi connectivity index (χ1n) is 9.17. The summed E-state index contributed by atoms with van der Waals surface area (Å²) in [5.74, 6) is 0.867. The summed E-state index contributed by atoms with van der Waals surface area (Å²) in [6, 6.07) is 12.8. The first-order valence-corrected chi connectivity index (χ1v) is 10.6. The molecule has 3 rings (SSSR count). The molecule has 0 atom stereocenters. The number of anilines is 1. The van der Waals surface area contributed by atoms with Crippen LogP contribution in [-0.4, -0.2) is 55.5 Å². The Morgan fingerprint density at radius 1 is 1.00 bits per heavy atom. The second-order valence-electron chi connectivity index (χ2n) is 6.43. The zero-order valence-electron chi connectivity index (χ0n) is 16.2. The fraction of sp³-hybridized carbons (Fsp3) is 0.400. The van der Waals surface area contributed by atoms with Crippen molar-refractivity contribution in [2.24, 2.45) is 0 Å². The number of methoxy groups -OCH3 is 2. The molecule has 0 saturated carbocycles. The minimum Gasteiger partial charge on any atom is -0.493 e. The Kier molecular flexibility index (Phi) is 6.77. The molecule has 0 radical (unpaired) electrons. The van der Waals surface area contributed by atoms with Crippen LogP contribution in [0.5, 0.6) is 11.5 Å². The highest BCUT2D eigenvalue weighted by Gasteiger charge is 2.17. The van der Waals surface area contributed by atoms with Crippen LogP contribution in [0.25, 0.3) is 0 Å². The molecule has 1 N–H and O–H groups in total. The lowest BCUT2D eigenvalue weighted by molar-refractivity contribution is 0.122. The molecule has 7 nitrogen and oxygen atoms in total. The Bertz CT molecular complexity index is 878. The van der Waals surface area contributed by atoms with Gasteiger partial charge in [-0.3, -0.25) is 0 Å². The largest absolute Gasteiger partial charge is 0.493 e. The lowest BCUT2D eigenvalue weighted by atomic mass is 10.1. The zero-order valence-corrected chi connectivity index (χ0v) is 17.0. The predicted molar refractivity (Wildman–Crippen MR) is 108 cm³/mol. The SMILES string of the molecule is COc1ccc(S(=O)(=O)NCCc2ccc(N3CCOCC3)cc2)cc1OC. The molecule has 1 saturated heterocycles. The molecular formula is C20H26N2O5S. The van der Waals surface area contributed by atoms with E-state index in [1.54, 1.807) is 6.07 Å². The Morgan fingerprint density at radius 2 is 1.68 bits per heavy atom. The number of sulfonamides is 1. The van der Waals surface area contributed by atoms with E-state index in [9.17, 15) is 8.42 Å². The summed E-state index contributed by atoms with van der Waals surface area (Å²) < 4.78 is 43.4. The normalized spacial score (nSPS) is 14.7. The number of morpholine rings is 1. The lowest BCUT2D eigenvalue weighted by Gasteiger charge is -2.28. The summed E-state index contributed by atoms with van der Waals surface area (Å²) in [7, 11) is -0.638. The molecule has 1 heterocycles. The van der Waals surface area contributed by atoms with Gasteiger partial charge in [0.15, 0.2) is 11.5 Å². The van der Waals surface area contributed by atoms with Crippen LogP contribution in [0.4, 0.5) is 5.69 Å². The highest BCUT2D eigenvalue weighted by Crippen LogP contribution is 2.29. The van der Waals surface area contributed by atoms with Crippen LogP contribution in [-0.2, 0) is 21.2 Å². The zero-order chi connectivity index (χ0) is 20.0. The fourth-order valence-electron chi connectivity index (χ4n) is 3.09. The van der Waals surface area contributed by atoms with Crippen molar-refractivity contribution in [3.63, 3.8) is 0 Å². The third kappa shape index (κ3) is 4.95. The molecule has 0 aromatic heterocycles. The van der Waals surface area contributed by atoms with E-state index in [1.807, 2.05) is 12.1 Å². The number of nitrogens with zero attached hydrogens (tertiary/aromatic N) is 1. The first-order chi connectivity index (χ1) is 13.5. The van der Waals surface area contributed by atoms with Crippen LogP contribution < -0.4 is 19.1 Å². The van der Waals surface area contributed by atoms with Crippen LogP contribution in [0.1, 0.15) is 5.56 Å². The van der Waals surface area contributed by atoms with E-state index in [-0.39, 0.29) is 4.90 Å². The Morgan fingerprint density at radius 3 is 2.32 bits per heavy atom. The minimum atomic E-state index is -3.62. The van der Waals surface area contributed by atoms with Gasteiger partial charge in [0.1, 0.15) is 0 Å². The van der Waals surface area contributed by atoms with Crippen molar-refractivity contribution in [1.82, 2.24) is 4.72 Å². The molecule has 0 amide bonds. The standard InChI is InChI=1S/C20H26N2O5S/c1-25-19-8-7-18(15-20(19)26-2)28(23,24)21-10-9-16-3-5-17(6-4-16)22-11-13-27-14-12-22/h3-8,15,21H,9-14H2,1-2H3. The van der Waals surface area contributed by atoms with E-state index >= 15 is 0 Å². The summed E-state index contributed by atoms with van der Waals surface area (Å²) in [5, 5.41) is 0. The van der Waals surface area contributed by atoms with Crippen LogP contribution in [0.15, 0.2) is 47.4 Å². The van der Waals surface area contributed by atoms with Gasteiger partial charge in [-0.25, -0.2) is 13.1 Å². The highest BCUT2D eigenvalue weighted by molar-refractivity contribution is 7.89. The van der Waals surface area contributed by atoms with E-state index in [4.69, 9.17) is 14.2 Å². The number of hydrogen-bond donors (Lipinski definition) is 1. The molecule has 0 unspecified atom stereocenters. The molecule has 0 bridgehead atoms. The Labute approximate surface area is 166 Å². The molecular weight excluding hydrogens is 380 g/mol. The van der Waals surface area contributed by atoms with Crippen molar-refractivity contribution in [2.75, 3.05) is 52.0 Å². The lowest BCUT2D eigenvalue weighted by Crippen LogP contribution is -2.36. The van der Waals surface area contributed by atoms with Gasteiger partial charge < -0.3 is 19.1 Å². The second-order valence-corrected chi connectivity index (χ2v) is 8.20. The van der Waals surface area contributed by atoms with Crippen molar-refractivity contribution in [1.29, 1.82) is 0 Å². The van der Waals surface area contributed by atoms with Gasteiger partial charge in [0, 0.05) is 31.4 Å². The smallest absolute Gasteiger partial charge is 0.240 e. The molecule has 0 aliphatic carbocycles. The molecule has 2 aromatic rings. The minimum absolute atomic E-state index is 0.146. The molecule has 0 spiro atoms. The van der Waals surface area contributed by atoms with Crippen molar-refractivity contribution in [2.45, 2.75) is 11.3 Å². The van der Waals surface area contributed by atoms with Crippen LogP contribution >= 0.6 is 0 Å². The van der Waals surface area contributed by atoms with Gasteiger partial charge in [-0.2, -0.15) is 0 Å². The summed E-state index contributed by atoms with van der Waals surface area (Å²) in [6.07, 6.45) is 0.607. The van der Waals surface area contributed by atoms with Gasteiger partial charge in [-0.1, -0.05) is 12.1 Å². The van der Waals surface area contributed by atoms with Gasteiger partial charge in [0.25, 0.3) is 0 Å². The van der Waals surface area contributed by atoms with Gasteiger partial charge in [-0.05, 0) is 36.2 Å². The number of ether oxygens (including phenoxy) is 3. The van der Waals surface area contributed by atoms with Crippen molar-refractivity contribution in [3.8, 4) is 11.5 Å². The van der Waals surface area contributed by atoms with Gasteiger partial charge in [0.05, 0.1) is 32.3 Å². The van der Waals surface area contributed by atoms with E-state index in [0.717, 1.165) is 37.6 Å². The fourth-order valence-corrected chi connectivity index (χ4v) is 4.14. The third-order valence-corrected chi connectivity index (χ3v) is 6.14. The van der Waals surface area contributed by atoms with Crippen molar-refractivity contribution >= 4 is 15.7 Å². The molecule has 2 aromatic carbocycles. The van der Waals surface area contributed by atoms with E-state index in [0.29, 0.717) is 24.5 Å². The third-order valence-electron chi connectivity index (χ3n) is 4.68. The van der Waals surface area contributed by atoms with Crippen LogP contribution in [0.2, 0.25) is 0 Å². The van der Waals surface area contributed by atoms with Crippen molar-refractivity contribution < 1.29 is 22.6 Å². The van der Waals surface area contributed by atoms with E-state index in [1.165, 1.54) is 26.4 Å². The molecule has 1 aliphatic rings. The Balaban J connectivity index is 1.57. The number of benzene rings is 2. The monoisotopic (exact) mass is 406 g/mol. The maximum absolute atomic E-state index is 12.5. The summed E-state index contributed by atoms with van der Waals surface area (Å²) in [5.41, 5.74) is 2.24. The number of hydrogen-bond acceptors (Lipinski definition) is 6. The number of rotatable bonds is 8. The van der Waals surface area contributed by atoms with Crippen LogP contribution in [0.3, 0.4) is 0 Å². The first kappa shape index (κ1) is 20.4. The Hall–Kier alpha value is -2.29. The average molecular weight is 407 g/mol. The van der Waals surface area contributed by atoms with E-state index in [2.05, 4.69) is 21.8 Å². The second kappa shape index (κ2) is 9.27. The van der Waals surface area contributed by atoms with Gasteiger partial charge in [-0.15, -0.1) is 0 Å². The molecule has 152 valence electrons. The van der Waals surface area contributed by atoms with E-state index < -0.39 is 10.0 Å². The molecule has 1 aliphatic heterocycles. The van der Waals surface area contributed by atoms with Gasteiger partial charge in [0.2, 0.25) is 10.0 Å². The maximum Gasteiger partial charge on any atom is 0.240 e. The molecule has 28 heavy (non-hydrogen) atoms. The number of nitrogens with one attached hydrogen (secondary N) is 1. The average Bonchev–Trinajstić information content (AvgIpc) is 2.74. The highest BCUT2D eigenvalue weighted by atomic mass is 32.2. The molecule has 8 heteroatoms. The summed E-state index contributed by atoms with van der Waals surface area (Å²) >= 11 is 0. The van der Waals surface area contributed by atoms with Crippen LogP contribution in [0, 0.1) is 0 Å². The maximum atomic E-state index is 12.5. The summed E-state index contributed by atoms with van der Waals surface area (Å²) in [4.78, 5) is 2.43. The topological polar surface area (TPSA) is 77.1 Å². The quantitative estimate of drug-likeness (QED) is 0.723. The summed E-state index contributed by atoms with van der Waals surface area (Å²) in [6.45, 7) is 3.60.